The summed E-state index contributed by atoms with van der Waals surface area (Å²) in [5.74, 6) is 1.24. The summed E-state index contributed by atoms with van der Waals surface area (Å²) in [7, 11) is 1.62. The number of hydrogen-bond donors (Lipinski definition) is 2. The minimum absolute atomic E-state index is 0. The maximum atomic E-state index is 6.15. The SMILES string of the molecule is CCC(C)NC(N)=NCCc1ccc(OC)cc1Cl.I. The van der Waals surface area contributed by atoms with Crippen LogP contribution in [0.15, 0.2) is 23.2 Å². The van der Waals surface area contributed by atoms with Crippen molar-refractivity contribution in [1.82, 2.24) is 5.32 Å². The van der Waals surface area contributed by atoms with Crippen molar-refractivity contribution in [2.45, 2.75) is 32.7 Å². The average molecular weight is 412 g/mol. The molecule has 0 aliphatic heterocycles. The fourth-order valence-corrected chi connectivity index (χ4v) is 1.82. The predicted octanol–water partition coefficient (Wildman–Crippen LogP) is 3.21. The molecule has 6 heteroatoms. The second-order valence-corrected chi connectivity index (χ2v) is 4.84. The maximum Gasteiger partial charge on any atom is 0.188 e. The van der Waals surface area contributed by atoms with Crippen LogP contribution in [0.4, 0.5) is 0 Å². The van der Waals surface area contributed by atoms with E-state index in [0.717, 1.165) is 24.2 Å². The highest BCUT2D eigenvalue weighted by Gasteiger charge is 2.03. The van der Waals surface area contributed by atoms with Gasteiger partial charge in [0, 0.05) is 17.6 Å². The quantitative estimate of drug-likeness (QED) is 0.429. The molecular weight excluding hydrogens is 389 g/mol. The van der Waals surface area contributed by atoms with E-state index >= 15 is 0 Å². The number of methoxy groups -OCH3 is 1. The molecule has 0 spiro atoms. The molecule has 0 saturated carbocycles. The molecule has 1 atom stereocenters. The van der Waals surface area contributed by atoms with Gasteiger partial charge in [-0.05, 0) is 37.5 Å². The van der Waals surface area contributed by atoms with Crippen molar-refractivity contribution in [2.24, 2.45) is 10.7 Å². The summed E-state index contributed by atoms with van der Waals surface area (Å²) in [6.07, 6.45) is 1.77. The summed E-state index contributed by atoms with van der Waals surface area (Å²) < 4.78 is 5.11. The number of rotatable bonds is 6. The van der Waals surface area contributed by atoms with Gasteiger partial charge >= 0.3 is 0 Å². The highest BCUT2D eigenvalue weighted by molar-refractivity contribution is 14.0. The number of nitrogens with zero attached hydrogens (tertiary/aromatic N) is 1. The lowest BCUT2D eigenvalue weighted by Gasteiger charge is -2.11. The molecule has 4 nitrogen and oxygen atoms in total. The van der Waals surface area contributed by atoms with Gasteiger partial charge in [-0.15, -0.1) is 24.0 Å². The third kappa shape index (κ3) is 6.65. The molecule has 0 aromatic heterocycles. The Morgan fingerprint density at radius 3 is 2.75 bits per heavy atom. The molecule has 0 aliphatic carbocycles. The first kappa shape index (κ1) is 19.3. The van der Waals surface area contributed by atoms with E-state index in [2.05, 4.69) is 24.2 Å². The largest absolute Gasteiger partial charge is 0.497 e. The fraction of sp³-hybridized carbons (Fsp3) is 0.500. The Kier molecular flexibility index (Phi) is 9.75. The van der Waals surface area contributed by atoms with Crippen LogP contribution in [0, 0.1) is 0 Å². The van der Waals surface area contributed by atoms with E-state index in [0.29, 0.717) is 23.6 Å². The van der Waals surface area contributed by atoms with Crippen LogP contribution >= 0.6 is 35.6 Å². The lowest BCUT2D eigenvalue weighted by Crippen LogP contribution is -2.38. The van der Waals surface area contributed by atoms with Gasteiger partial charge in [0.15, 0.2) is 5.96 Å². The van der Waals surface area contributed by atoms with Crippen LogP contribution < -0.4 is 15.8 Å². The number of guanidine groups is 1. The molecule has 0 amide bonds. The average Bonchev–Trinajstić information content (AvgIpc) is 2.40. The molecule has 1 rings (SSSR count). The first-order valence-corrected chi connectivity index (χ1v) is 6.83. The minimum atomic E-state index is 0. The van der Waals surface area contributed by atoms with Gasteiger partial charge in [0.2, 0.25) is 0 Å². The van der Waals surface area contributed by atoms with Crippen molar-refractivity contribution < 1.29 is 4.74 Å². The minimum Gasteiger partial charge on any atom is -0.497 e. The van der Waals surface area contributed by atoms with Crippen LogP contribution in [0.25, 0.3) is 0 Å². The van der Waals surface area contributed by atoms with Crippen LogP contribution in [-0.2, 0) is 6.42 Å². The Bertz CT molecular complexity index is 440. The van der Waals surface area contributed by atoms with E-state index in [4.69, 9.17) is 22.1 Å². The zero-order valence-corrected chi connectivity index (χ0v) is 15.2. The molecule has 114 valence electrons. The van der Waals surface area contributed by atoms with Crippen molar-refractivity contribution in [2.75, 3.05) is 13.7 Å². The topological polar surface area (TPSA) is 59.6 Å². The molecule has 3 N–H and O–H groups in total. The van der Waals surface area contributed by atoms with Crippen LogP contribution in [0.3, 0.4) is 0 Å². The third-order valence-electron chi connectivity index (χ3n) is 2.93. The van der Waals surface area contributed by atoms with E-state index < -0.39 is 0 Å². The number of benzene rings is 1. The molecule has 0 heterocycles. The molecule has 0 bridgehead atoms. The number of hydrogen-bond acceptors (Lipinski definition) is 2. The summed E-state index contributed by atoms with van der Waals surface area (Å²) in [5.41, 5.74) is 6.83. The molecule has 0 fully saturated rings. The van der Waals surface area contributed by atoms with Crippen molar-refractivity contribution >= 4 is 41.5 Å². The second kappa shape index (κ2) is 10.1. The van der Waals surface area contributed by atoms with Crippen LogP contribution in [0.1, 0.15) is 25.8 Å². The molecule has 0 saturated heterocycles. The van der Waals surface area contributed by atoms with Gasteiger partial charge in [0.25, 0.3) is 0 Å². The maximum absolute atomic E-state index is 6.15. The zero-order valence-electron chi connectivity index (χ0n) is 12.1. The van der Waals surface area contributed by atoms with Gasteiger partial charge in [0.1, 0.15) is 5.75 Å². The predicted molar refractivity (Wildman–Crippen MR) is 96.5 cm³/mol. The van der Waals surface area contributed by atoms with Gasteiger partial charge in [-0.25, -0.2) is 0 Å². The normalized spacial score (nSPS) is 12.5. The molecule has 1 aromatic rings. The zero-order chi connectivity index (χ0) is 14.3. The molecular formula is C14H23ClIN3O. The first-order valence-electron chi connectivity index (χ1n) is 6.45. The van der Waals surface area contributed by atoms with Crippen LogP contribution in [-0.4, -0.2) is 25.7 Å². The van der Waals surface area contributed by atoms with E-state index in [-0.39, 0.29) is 24.0 Å². The second-order valence-electron chi connectivity index (χ2n) is 4.43. The van der Waals surface area contributed by atoms with Gasteiger partial charge < -0.3 is 15.8 Å². The number of nitrogens with two attached hydrogens (primary N) is 1. The first-order chi connectivity index (χ1) is 9.06. The highest BCUT2D eigenvalue weighted by Crippen LogP contribution is 2.22. The van der Waals surface area contributed by atoms with Crippen molar-refractivity contribution in [3.8, 4) is 5.75 Å². The monoisotopic (exact) mass is 411 g/mol. The Labute approximate surface area is 143 Å². The van der Waals surface area contributed by atoms with Gasteiger partial charge in [0.05, 0.1) is 7.11 Å². The standard InChI is InChI=1S/C14H22ClN3O.HI/c1-4-10(2)18-14(16)17-8-7-11-5-6-12(19-3)9-13(11)15;/h5-6,9-10H,4,7-8H2,1-3H3,(H3,16,17,18);1H. The summed E-state index contributed by atoms with van der Waals surface area (Å²) in [4.78, 5) is 4.28. The summed E-state index contributed by atoms with van der Waals surface area (Å²) >= 11 is 6.15. The summed E-state index contributed by atoms with van der Waals surface area (Å²) in [5, 5.41) is 3.82. The van der Waals surface area contributed by atoms with E-state index in [1.54, 1.807) is 13.2 Å². The van der Waals surface area contributed by atoms with Gasteiger partial charge in [-0.1, -0.05) is 24.6 Å². The highest BCUT2D eigenvalue weighted by atomic mass is 127. The Morgan fingerprint density at radius 1 is 1.50 bits per heavy atom. The summed E-state index contributed by atoms with van der Waals surface area (Å²) in [6.45, 7) is 4.78. The smallest absolute Gasteiger partial charge is 0.188 e. The van der Waals surface area contributed by atoms with Crippen molar-refractivity contribution in [1.29, 1.82) is 0 Å². The van der Waals surface area contributed by atoms with E-state index in [1.165, 1.54) is 0 Å². The Balaban J connectivity index is 0.00000361. The third-order valence-corrected chi connectivity index (χ3v) is 3.28. The molecule has 20 heavy (non-hydrogen) atoms. The van der Waals surface area contributed by atoms with E-state index in [1.807, 2.05) is 12.1 Å². The summed E-state index contributed by atoms with van der Waals surface area (Å²) in [6, 6.07) is 6.00. The molecule has 0 radical (unpaired) electrons. The number of aliphatic imine (C=N–C) groups is 1. The molecule has 1 unspecified atom stereocenters. The number of halogens is 2. The Hall–Kier alpha value is -0.690. The molecule has 1 aromatic carbocycles. The van der Waals surface area contributed by atoms with Gasteiger partial charge in [-0.2, -0.15) is 0 Å². The lowest BCUT2D eigenvalue weighted by molar-refractivity contribution is 0.414. The van der Waals surface area contributed by atoms with E-state index in [9.17, 15) is 0 Å². The van der Waals surface area contributed by atoms with Crippen molar-refractivity contribution in [3.63, 3.8) is 0 Å². The molecule has 0 aliphatic rings. The Morgan fingerprint density at radius 2 is 2.20 bits per heavy atom. The number of ether oxygens (including phenoxy) is 1. The van der Waals surface area contributed by atoms with Crippen LogP contribution in [0.2, 0.25) is 5.02 Å². The van der Waals surface area contributed by atoms with Gasteiger partial charge in [-0.3, -0.25) is 4.99 Å². The fourth-order valence-electron chi connectivity index (χ4n) is 1.55. The van der Waals surface area contributed by atoms with Crippen molar-refractivity contribution in [3.05, 3.63) is 28.8 Å². The van der Waals surface area contributed by atoms with Crippen LogP contribution in [0.5, 0.6) is 5.75 Å². The number of nitrogens with one attached hydrogen (secondary N) is 1. The lowest BCUT2D eigenvalue weighted by atomic mass is 10.1.